The van der Waals surface area contributed by atoms with E-state index < -0.39 is 11.7 Å². The number of carbonyl (C=O) groups is 2. The predicted octanol–water partition coefficient (Wildman–Crippen LogP) is 7.35. The van der Waals surface area contributed by atoms with Crippen LogP contribution in [0.5, 0.6) is 11.5 Å². The molecule has 0 bridgehead atoms. The quantitative estimate of drug-likeness (QED) is 0.180. The highest BCUT2D eigenvalue weighted by Gasteiger charge is 2.20. The average Bonchev–Trinajstić information content (AvgIpc) is 3.32. The Morgan fingerprint density at radius 1 is 0.952 bits per heavy atom. The van der Waals surface area contributed by atoms with Crippen LogP contribution in [-0.4, -0.2) is 28.7 Å². The van der Waals surface area contributed by atoms with E-state index in [1.165, 1.54) is 17.7 Å². The molecule has 0 aliphatic heterocycles. The maximum atomic E-state index is 12.5. The minimum atomic E-state index is -1.26. The van der Waals surface area contributed by atoms with E-state index in [0.717, 1.165) is 11.1 Å². The highest BCUT2D eigenvalue weighted by atomic mass is 16.5. The van der Waals surface area contributed by atoms with Crippen LogP contribution in [0, 0.1) is 18.8 Å². The number of phenols is 1. The van der Waals surface area contributed by atoms with Crippen molar-refractivity contribution in [3.05, 3.63) is 113 Å². The second kappa shape index (κ2) is 11.9. The van der Waals surface area contributed by atoms with Crippen LogP contribution in [0.2, 0.25) is 0 Å². The van der Waals surface area contributed by atoms with E-state index in [0.29, 0.717) is 39.6 Å². The maximum Gasteiger partial charge on any atom is 0.339 e. The molecule has 5 aromatic rings. The minimum Gasteiger partial charge on any atom is -0.507 e. The summed E-state index contributed by atoms with van der Waals surface area (Å²) < 4.78 is 11.9. The monoisotopic (exact) mass is 559 g/mol. The van der Waals surface area contributed by atoms with E-state index in [-0.39, 0.29) is 23.7 Å². The number of aromatic hydroxyl groups is 1. The van der Waals surface area contributed by atoms with Crippen molar-refractivity contribution in [2.45, 2.75) is 26.7 Å². The van der Waals surface area contributed by atoms with Gasteiger partial charge in [0.15, 0.2) is 12.4 Å². The summed E-state index contributed by atoms with van der Waals surface area (Å²) in [5.41, 5.74) is 4.82. The number of aromatic carboxylic acids is 1. The summed E-state index contributed by atoms with van der Waals surface area (Å²) in [6, 6.07) is 25.0. The first-order chi connectivity index (χ1) is 20.2. The number of benzene rings is 4. The first kappa shape index (κ1) is 28.1. The van der Waals surface area contributed by atoms with Gasteiger partial charge in [-0.15, -0.1) is 0 Å². The number of carboxylic acid groups (broad SMARTS) is 1. The molecule has 210 valence electrons. The summed E-state index contributed by atoms with van der Waals surface area (Å²) in [6.45, 7) is 5.99. The Hall–Kier alpha value is -5.48. The number of carbonyl (C=O) groups excluding carboxylic acids is 1. The van der Waals surface area contributed by atoms with Crippen molar-refractivity contribution < 1.29 is 29.0 Å². The SMILES string of the molecule is Cc1cccc(C#Cc2c(-c3cccc(OCC(=O)Nc4ccc(C(C)C)cc4)c3)oc3cc(O)c(C(=O)O)cc23)c1. The molecule has 0 fully saturated rings. The smallest absolute Gasteiger partial charge is 0.339 e. The third-order valence-electron chi connectivity index (χ3n) is 6.71. The number of rotatable bonds is 7. The summed E-state index contributed by atoms with van der Waals surface area (Å²) >= 11 is 0. The van der Waals surface area contributed by atoms with Gasteiger partial charge in [-0.1, -0.05) is 62.1 Å². The number of nitrogens with one attached hydrogen (secondary N) is 1. The van der Waals surface area contributed by atoms with Crippen LogP contribution < -0.4 is 10.1 Å². The summed E-state index contributed by atoms with van der Waals surface area (Å²) in [5.74, 6) is 5.53. The van der Waals surface area contributed by atoms with E-state index in [4.69, 9.17) is 9.15 Å². The van der Waals surface area contributed by atoms with E-state index in [1.54, 1.807) is 24.3 Å². The Morgan fingerprint density at radius 3 is 2.43 bits per heavy atom. The lowest BCUT2D eigenvalue weighted by molar-refractivity contribution is -0.118. The number of hydrogen-bond donors (Lipinski definition) is 3. The van der Waals surface area contributed by atoms with Gasteiger partial charge in [-0.3, -0.25) is 4.79 Å². The molecule has 0 atom stereocenters. The van der Waals surface area contributed by atoms with Gasteiger partial charge in [-0.05, 0) is 66.4 Å². The largest absolute Gasteiger partial charge is 0.507 e. The zero-order valence-corrected chi connectivity index (χ0v) is 23.4. The normalized spacial score (nSPS) is 10.8. The lowest BCUT2D eigenvalue weighted by Gasteiger charge is -2.10. The Bertz CT molecular complexity index is 1850. The molecule has 7 heteroatoms. The van der Waals surface area contributed by atoms with Crippen LogP contribution in [0.4, 0.5) is 5.69 Å². The first-order valence-corrected chi connectivity index (χ1v) is 13.4. The Morgan fingerprint density at radius 2 is 1.71 bits per heavy atom. The van der Waals surface area contributed by atoms with Crippen LogP contribution in [-0.2, 0) is 4.79 Å². The highest BCUT2D eigenvalue weighted by Crippen LogP contribution is 2.37. The molecule has 5 rings (SSSR count). The second-order valence-corrected chi connectivity index (χ2v) is 10.2. The lowest BCUT2D eigenvalue weighted by atomic mass is 10.0. The molecule has 42 heavy (non-hydrogen) atoms. The van der Waals surface area contributed by atoms with Crippen LogP contribution in [0.3, 0.4) is 0 Å². The molecule has 0 saturated carbocycles. The number of carboxylic acids is 1. The van der Waals surface area contributed by atoms with Crippen molar-refractivity contribution in [1.29, 1.82) is 0 Å². The molecular formula is C35H29NO6. The predicted molar refractivity (Wildman–Crippen MR) is 162 cm³/mol. The number of furan rings is 1. The zero-order chi connectivity index (χ0) is 29.8. The van der Waals surface area contributed by atoms with Crippen molar-refractivity contribution in [2.24, 2.45) is 0 Å². The highest BCUT2D eigenvalue weighted by molar-refractivity contribution is 6.00. The number of fused-ring (bicyclic) bond motifs is 1. The summed E-state index contributed by atoms with van der Waals surface area (Å²) in [6.07, 6.45) is 0. The van der Waals surface area contributed by atoms with E-state index in [2.05, 4.69) is 31.0 Å². The number of ether oxygens (including phenoxy) is 1. The van der Waals surface area contributed by atoms with Gasteiger partial charge < -0.3 is 24.7 Å². The van der Waals surface area contributed by atoms with Crippen LogP contribution in [0.25, 0.3) is 22.3 Å². The fourth-order valence-corrected chi connectivity index (χ4v) is 4.51. The number of anilines is 1. The van der Waals surface area contributed by atoms with Gasteiger partial charge in [0.05, 0.1) is 5.56 Å². The lowest BCUT2D eigenvalue weighted by Crippen LogP contribution is -2.20. The van der Waals surface area contributed by atoms with Gasteiger partial charge >= 0.3 is 5.97 Å². The summed E-state index contributed by atoms with van der Waals surface area (Å²) in [4.78, 5) is 24.3. The number of aryl methyl sites for hydroxylation is 1. The third kappa shape index (κ3) is 6.29. The van der Waals surface area contributed by atoms with Crippen LogP contribution in [0.15, 0.2) is 89.3 Å². The second-order valence-electron chi connectivity index (χ2n) is 10.2. The average molecular weight is 560 g/mol. The van der Waals surface area contributed by atoms with Crippen LogP contribution in [0.1, 0.15) is 52.4 Å². The van der Waals surface area contributed by atoms with Crippen molar-refractivity contribution in [3.8, 4) is 34.7 Å². The van der Waals surface area contributed by atoms with E-state index >= 15 is 0 Å². The molecule has 1 heterocycles. The van der Waals surface area contributed by atoms with Gasteiger partial charge in [0.1, 0.15) is 22.6 Å². The molecule has 7 nitrogen and oxygen atoms in total. The van der Waals surface area contributed by atoms with E-state index in [1.807, 2.05) is 55.5 Å². The molecule has 0 unspecified atom stereocenters. The Labute approximate surface area is 243 Å². The molecule has 1 aromatic heterocycles. The summed E-state index contributed by atoms with van der Waals surface area (Å²) in [7, 11) is 0. The molecule has 4 aromatic carbocycles. The molecule has 0 aliphatic carbocycles. The standard InChI is InChI=1S/C35H29NO6/c1-21(2)24-11-13-26(14-12-24)36-33(38)20-41-27-9-5-8-25(17-27)34-28(15-10-23-7-4-6-22(3)16-23)29-18-30(35(39)40)31(37)19-32(29)42-34/h4-9,11-14,16-19,21,37H,20H2,1-3H3,(H,36,38)(H,39,40). The topological polar surface area (TPSA) is 109 Å². The van der Waals surface area contributed by atoms with Gasteiger partial charge in [0.25, 0.3) is 5.91 Å². The Balaban J connectivity index is 1.44. The zero-order valence-electron chi connectivity index (χ0n) is 23.4. The van der Waals surface area contributed by atoms with Crippen molar-refractivity contribution in [2.75, 3.05) is 11.9 Å². The fourth-order valence-electron chi connectivity index (χ4n) is 4.51. The molecular weight excluding hydrogens is 530 g/mol. The molecule has 1 amide bonds. The molecule has 0 saturated heterocycles. The van der Waals surface area contributed by atoms with E-state index in [9.17, 15) is 19.8 Å². The van der Waals surface area contributed by atoms with Gasteiger partial charge in [-0.25, -0.2) is 4.79 Å². The van der Waals surface area contributed by atoms with Gasteiger partial charge in [-0.2, -0.15) is 0 Å². The van der Waals surface area contributed by atoms with Crippen LogP contribution >= 0.6 is 0 Å². The van der Waals surface area contributed by atoms with Crippen molar-refractivity contribution in [3.63, 3.8) is 0 Å². The fraction of sp³-hybridized carbons (Fsp3) is 0.143. The van der Waals surface area contributed by atoms with Crippen molar-refractivity contribution >= 4 is 28.5 Å². The Kier molecular flexibility index (Phi) is 7.98. The minimum absolute atomic E-state index is 0.203. The molecule has 0 spiro atoms. The third-order valence-corrected chi connectivity index (χ3v) is 6.71. The van der Waals surface area contributed by atoms with Gasteiger partial charge in [0.2, 0.25) is 0 Å². The summed E-state index contributed by atoms with van der Waals surface area (Å²) in [5, 5.41) is 23.1. The molecule has 0 aliphatic rings. The number of amides is 1. The van der Waals surface area contributed by atoms with Crippen molar-refractivity contribution in [1.82, 2.24) is 0 Å². The van der Waals surface area contributed by atoms with Gasteiger partial charge in [0, 0.05) is 28.3 Å². The number of hydrogen-bond acceptors (Lipinski definition) is 5. The first-order valence-electron chi connectivity index (χ1n) is 13.4. The molecule has 3 N–H and O–H groups in total. The molecule has 0 radical (unpaired) electrons. The maximum absolute atomic E-state index is 12.5.